The van der Waals surface area contributed by atoms with Crippen molar-refractivity contribution in [3.05, 3.63) is 23.2 Å². The summed E-state index contributed by atoms with van der Waals surface area (Å²) in [5.41, 5.74) is 5.92. The number of piperidine rings is 1. The van der Waals surface area contributed by atoms with Crippen LogP contribution in [0, 0.1) is 5.92 Å². The van der Waals surface area contributed by atoms with Gasteiger partial charge in [-0.2, -0.15) is 0 Å². The monoisotopic (exact) mass is 331 g/mol. The fraction of sp³-hybridized carbons (Fsp3) is 0.571. The Kier molecular flexibility index (Phi) is 5.48. The summed E-state index contributed by atoms with van der Waals surface area (Å²) in [5, 5.41) is 0.361. The van der Waals surface area contributed by atoms with E-state index in [0.29, 0.717) is 17.5 Å². The Morgan fingerprint density at radius 2 is 2.05 bits per heavy atom. The number of rotatable bonds is 5. The van der Waals surface area contributed by atoms with Crippen molar-refractivity contribution >= 4 is 27.3 Å². The van der Waals surface area contributed by atoms with E-state index in [4.69, 9.17) is 17.3 Å². The quantitative estimate of drug-likeness (QED) is 0.808. The summed E-state index contributed by atoms with van der Waals surface area (Å²) in [6.45, 7) is 2.63. The second kappa shape index (κ2) is 6.96. The molecule has 1 aliphatic heterocycles. The Balaban J connectivity index is 1.88. The minimum atomic E-state index is -3.51. The maximum Gasteiger partial charge on any atom is 0.240 e. The molecule has 1 aliphatic rings. The molecule has 1 fully saturated rings. The summed E-state index contributed by atoms with van der Waals surface area (Å²) in [6.07, 6.45) is 3.13. The molecule has 5 nitrogen and oxygen atoms in total. The maximum absolute atomic E-state index is 12.2. The average molecular weight is 332 g/mol. The van der Waals surface area contributed by atoms with E-state index in [0.717, 1.165) is 32.4 Å². The average Bonchev–Trinajstić information content (AvgIpc) is 2.44. The van der Waals surface area contributed by atoms with Gasteiger partial charge in [-0.05, 0) is 63.5 Å². The standard InChI is InChI=1S/C14H22ClN3O2S/c1-18-8-5-11(6-9-18)4-7-17-21(19,20)12-2-3-13(15)14(16)10-12/h2-3,10-11,17H,4-9,16H2,1H3. The number of halogens is 1. The lowest BCUT2D eigenvalue weighted by Crippen LogP contribution is -2.32. The van der Waals surface area contributed by atoms with Crippen molar-refractivity contribution in [2.75, 3.05) is 32.4 Å². The van der Waals surface area contributed by atoms with Crippen LogP contribution < -0.4 is 10.5 Å². The smallest absolute Gasteiger partial charge is 0.240 e. The summed E-state index contributed by atoms with van der Waals surface area (Å²) in [5.74, 6) is 0.596. The highest BCUT2D eigenvalue weighted by Crippen LogP contribution is 2.23. The van der Waals surface area contributed by atoms with Crippen molar-refractivity contribution < 1.29 is 8.42 Å². The van der Waals surface area contributed by atoms with Gasteiger partial charge in [0.1, 0.15) is 0 Å². The third-order valence-corrected chi connectivity index (χ3v) is 5.76. The van der Waals surface area contributed by atoms with Crippen molar-refractivity contribution in [3.63, 3.8) is 0 Å². The molecule has 1 heterocycles. The molecular weight excluding hydrogens is 310 g/mol. The van der Waals surface area contributed by atoms with E-state index in [2.05, 4.69) is 16.7 Å². The number of nitrogen functional groups attached to an aromatic ring is 1. The second-order valence-corrected chi connectivity index (χ2v) is 7.79. The fourth-order valence-corrected chi connectivity index (χ4v) is 3.72. The van der Waals surface area contributed by atoms with Crippen LogP contribution in [0.3, 0.4) is 0 Å². The molecule has 0 bridgehead atoms. The molecule has 2 rings (SSSR count). The Labute approximate surface area is 131 Å². The van der Waals surface area contributed by atoms with Crippen LogP contribution in [-0.4, -0.2) is 40.0 Å². The van der Waals surface area contributed by atoms with E-state index < -0.39 is 10.0 Å². The molecule has 1 aromatic carbocycles. The van der Waals surface area contributed by atoms with Gasteiger partial charge < -0.3 is 10.6 Å². The van der Waals surface area contributed by atoms with Crippen molar-refractivity contribution in [1.29, 1.82) is 0 Å². The zero-order chi connectivity index (χ0) is 15.5. The summed E-state index contributed by atoms with van der Waals surface area (Å²) < 4.78 is 27.0. The van der Waals surface area contributed by atoms with Crippen LogP contribution in [0.25, 0.3) is 0 Å². The molecule has 0 saturated carbocycles. The first-order valence-corrected chi connectivity index (χ1v) is 8.98. The Morgan fingerprint density at radius 3 is 2.67 bits per heavy atom. The maximum atomic E-state index is 12.2. The molecule has 3 N–H and O–H groups in total. The molecule has 21 heavy (non-hydrogen) atoms. The van der Waals surface area contributed by atoms with Gasteiger partial charge in [0.05, 0.1) is 15.6 Å². The van der Waals surface area contributed by atoms with E-state index >= 15 is 0 Å². The molecular formula is C14H22ClN3O2S. The predicted octanol–water partition coefficient (Wildman–Crippen LogP) is 1.93. The first-order chi connectivity index (χ1) is 9.88. The molecule has 0 unspecified atom stereocenters. The number of likely N-dealkylation sites (tertiary alicyclic amines) is 1. The lowest BCUT2D eigenvalue weighted by atomic mass is 9.94. The molecule has 0 atom stereocenters. The number of nitrogens with one attached hydrogen (secondary N) is 1. The lowest BCUT2D eigenvalue weighted by molar-refractivity contribution is 0.213. The molecule has 1 saturated heterocycles. The normalized spacial score (nSPS) is 18.0. The number of nitrogens with two attached hydrogens (primary N) is 1. The van der Waals surface area contributed by atoms with Crippen LogP contribution in [-0.2, 0) is 10.0 Å². The SMILES string of the molecule is CN1CCC(CCNS(=O)(=O)c2ccc(Cl)c(N)c2)CC1. The van der Waals surface area contributed by atoms with Gasteiger partial charge in [-0.1, -0.05) is 11.6 Å². The molecule has 1 aromatic rings. The van der Waals surface area contributed by atoms with Crippen LogP contribution in [0.4, 0.5) is 5.69 Å². The first-order valence-electron chi connectivity index (χ1n) is 7.12. The molecule has 118 valence electrons. The number of hydrogen-bond acceptors (Lipinski definition) is 4. The van der Waals surface area contributed by atoms with Crippen LogP contribution >= 0.6 is 11.6 Å². The zero-order valence-corrected chi connectivity index (χ0v) is 13.8. The van der Waals surface area contributed by atoms with E-state index in [1.165, 1.54) is 18.2 Å². The summed E-state index contributed by atoms with van der Waals surface area (Å²) >= 11 is 5.80. The second-order valence-electron chi connectivity index (χ2n) is 5.62. The fourth-order valence-electron chi connectivity index (χ4n) is 2.52. The van der Waals surface area contributed by atoms with Crippen LogP contribution in [0.1, 0.15) is 19.3 Å². The van der Waals surface area contributed by atoms with Crippen molar-refractivity contribution in [3.8, 4) is 0 Å². The lowest BCUT2D eigenvalue weighted by Gasteiger charge is -2.28. The Hall–Kier alpha value is -0.820. The van der Waals surface area contributed by atoms with Gasteiger partial charge >= 0.3 is 0 Å². The number of hydrogen-bond donors (Lipinski definition) is 2. The minimum Gasteiger partial charge on any atom is -0.397 e. The van der Waals surface area contributed by atoms with Crippen molar-refractivity contribution in [2.24, 2.45) is 5.92 Å². The molecule has 0 amide bonds. The van der Waals surface area contributed by atoms with Crippen LogP contribution in [0.5, 0.6) is 0 Å². The molecule has 0 radical (unpaired) electrons. The molecule has 7 heteroatoms. The predicted molar refractivity (Wildman–Crippen MR) is 85.9 cm³/mol. The topological polar surface area (TPSA) is 75.4 Å². The van der Waals surface area contributed by atoms with Gasteiger partial charge in [-0.25, -0.2) is 13.1 Å². The highest BCUT2D eigenvalue weighted by atomic mass is 35.5. The van der Waals surface area contributed by atoms with Gasteiger partial charge in [0, 0.05) is 6.54 Å². The highest BCUT2D eigenvalue weighted by Gasteiger charge is 2.19. The van der Waals surface area contributed by atoms with E-state index in [9.17, 15) is 8.42 Å². The summed E-state index contributed by atoms with van der Waals surface area (Å²) in [7, 11) is -1.40. The Morgan fingerprint density at radius 1 is 1.38 bits per heavy atom. The largest absolute Gasteiger partial charge is 0.397 e. The van der Waals surface area contributed by atoms with E-state index in [1.807, 2.05) is 0 Å². The van der Waals surface area contributed by atoms with E-state index in [1.54, 1.807) is 0 Å². The van der Waals surface area contributed by atoms with Crippen molar-refractivity contribution in [2.45, 2.75) is 24.2 Å². The summed E-state index contributed by atoms with van der Waals surface area (Å²) in [6, 6.07) is 4.36. The van der Waals surface area contributed by atoms with Crippen LogP contribution in [0.15, 0.2) is 23.1 Å². The van der Waals surface area contributed by atoms with Crippen LogP contribution in [0.2, 0.25) is 5.02 Å². The Bertz CT molecular complexity index is 584. The number of sulfonamides is 1. The summed E-state index contributed by atoms with van der Waals surface area (Å²) in [4.78, 5) is 2.46. The van der Waals surface area contributed by atoms with Gasteiger partial charge in [-0.15, -0.1) is 0 Å². The molecule has 0 aliphatic carbocycles. The molecule has 0 aromatic heterocycles. The van der Waals surface area contributed by atoms with Gasteiger partial charge in [0.15, 0.2) is 0 Å². The first kappa shape index (κ1) is 16.5. The number of nitrogens with zero attached hydrogens (tertiary/aromatic N) is 1. The minimum absolute atomic E-state index is 0.160. The van der Waals surface area contributed by atoms with Gasteiger partial charge in [-0.3, -0.25) is 0 Å². The van der Waals surface area contributed by atoms with E-state index in [-0.39, 0.29) is 10.6 Å². The third-order valence-electron chi connectivity index (χ3n) is 3.96. The van der Waals surface area contributed by atoms with Gasteiger partial charge in [0.25, 0.3) is 0 Å². The highest BCUT2D eigenvalue weighted by molar-refractivity contribution is 7.89. The number of benzene rings is 1. The number of anilines is 1. The zero-order valence-electron chi connectivity index (χ0n) is 12.2. The van der Waals surface area contributed by atoms with Gasteiger partial charge in [0.2, 0.25) is 10.0 Å². The third kappa shape index (κ3) is 4.57. The molecule has 0 spiro atoms. The van der Waals surface area contributed by atoms with Crippen molar-refractivity contribution in [1.82, 2.24) is 9.62 Å².